The number of alkyl carbamates (subject to hydrolysis) is 1. The summed E-state index contributed by atoms with van der Waals surface area (Å²) in [5.74, 6) is 1.72. The molecule has 0 heterocycles. The zero-order valence-corrected chi connectivity index (χ0v) is 14.1. The van der Waals surface area contributed by atoms with Crippen molar-refractivity contribution in [1.29, 1.82) is 0 Å². The normalized spacial score (nSPS) is 33.1. The number of hydrogen-bond acceptors (Lipinski definition) is 3. The largest absolute Gasteiger partial charge is 0.444 e. The molecule has 4 unspecified atom stereocenters. The molecule has 0 radical (unpaired) electrons. The highest BCUT2D eigenvalue weighted by molar-refractivity contribution is 5.68. The number of nitrogens with one attached hydrogen (secondary N) is 2. The van der Waals surface area contributed by atoms with Crippen LogP contribution in [-0.2, 0) is 4.74 Å². The molecule has 2 aliphatic carbocycles. The second-order valence-electron chi connectivity index (χ2n) is 7.93. The van der Waals surface area contributed by atoms with Gasteiger partial charge in [-0.1, -0.05) is 19.8 Å². The molecule has 0 aromatic rings. The van der Waals surface area contributed by atoms with Crippen LogP contribution in [0, 0.1) is 11.8 Å². The highest BCUT2D eigenvalue weighted by Crippen LogP contribution is 2.31. The van der Waals surface area contributed by atoms with E-state index < -0.39 is 5.60 Å². The van der Waals surface area contributed by atoms with E-state index in [2.05, 4.69) is 17.6 Å². The molecule has 4 nitrogen and oxygen atoms in total. The molecule has 0 saturated heterocycles. The van der Waals surface area contributed by atoms with Crippen molar-refractivity contribution in [1.82, 2.24) is 10.6 Å². The fraction of sp³-hybridized carbons (Fsp3) is 0.941. The molecule has 1 amide bonds. The van der Waals surface area contributed by atoms with Gasteiger partial charge in [-0.3, -0.25) is 0 Å². The minimum Gasteiger partial charge on any atom is -0.444 e. The van der Waals surface area contributed by atoms with Crippen LogP contribution in [0.4, 0.5) is 4.79 Å². The van der Waals surface area contributed by atoms with Crippen LogP contribution in [0.3, 0.4) is 0 Å². The van der Waals surface area contributed by atoms with Gasteiger partial charge in [-0.15, -0.1) is 0 Å². The summed E-state index contributed by atoms with van der Waals surface area (Å²) in [4.78, 5) is 11.8. The Labute approximate surface area is 129 Å². The maximum Gasteiger partial charge on any atom is 0.407 e. The Morgan fingerprint density at radius 3 is 2.48 bits per heavy atom. The SMILES string of the molecule is CC1CCCC1CNC1CCC(NC(=O)OC(C)(C)C)C1. The first-order valence-corrected chi connectivity index (χ1v) is 8.56. The fourth-order valence-electron chi connectivity index (χ4n) is 3.62. The first-order chi connectivity index (χ1) is 9.83. The Balaban J connectivity index is 1.65. The van der Waals surface area contributed by atoms with E-state index in [0.717, 1.165) is 37.6 Å². The molecule has 2 saturated carbocycles. The van der Waals surface area contributed by atoms with Crippen molar-refractivity contribution in [3.63, 3.8) is 0 Å². The number of amides is 1. The third kappa shape index (κ3) is 5.50. The number of ether oxygens (including phenoxy) is 1. The average Bonchev–Trinajstić information content (AvgIpc) is 2.93. The smallest absolute Gasteiger partial charge is 0.407 e. The highest BCUT2D eigenvalue weighted by atomic mass is 16.6. The summed E-state index contributed by atoms with van der Waals surface area (Å²) in [5, 5.41) is 6.71. The lowest BCUT2D eigenvalue weighted by Crippen LogP contribution is -2.39. The van der Waals surface area contributed by atoms with Crippen LogP contribution in [0.2, 0.25) is 0 Å². The molecule has 0 spiro atoms. The van der Waals surface area contributed by atoms with Gasteiger partial charge < -0.3 is 15.4 Å². The molecule has 2 aliphatic rings. The Morgan fingerprint density at radius 1 is 1.14 bits per heavy atom. The van der Waals surface area contributed by atoms with Gasteiger partial charge in [0.25, 0.3) is 0 Å². The van der Waals surface area contributed by atoms with E-state index in [1.54, 1.807) is 0 Å². The molecule has 122 valence electrons. The monoisotopic (exact) mass is 296 g/mol. The molecule has 2 rings (SSSR count). The highest BCUT2D eigenvalue weighted by Gasteiger charge is 2.29. The fourth-order valence-corrected chi connectivity index (χ4v) is 3.62. The van der Waals surface area contributed by atoms with Crippen molar-refractivity contribution < 1.29 is 9.53 Å². The van der Waals surface area contributed by atoms with Crippen LogP contribution in [0.5, 0.6) is 0 Å². The third-order valence-electron chi connectivity index (χ3n) is 4.86. The van der Waals surface area contributed by atoms with E-state index in [0.29, 0.717) is 6.04 Å². The number of hydrogen-bond donors (Lipinski definition) is 2. The average molecular weight is 296 g/mol. The van der Waals surface area contributed by atoms with Gasteiger partial charge in [0, 0.05) is 12.1 Å². The summed E-state index contributed by atoms with van der Waals surface area (Å²) in [7, 11) is 0. The van der Waals surface area contributed by atoms with Crippen LogP contribution in [0.15, 0.2) is 0 Å². The van der Waals surface area contributed by atoms with E-state index in [-0.39, 0.29) is 12.1 Å². The van der Waals surface area contributed by atoms with Gasteiger partial charge >= 0.3 is 6.09 Å². The molecular formula is C17H32N2O2. The lowest BCUT2D eigenvalue weighted by molar-refractivity contribution is 0.0505. The summed E-state index contributed by atoms with van der Waals surface area (Å²) in [5.41, 5.74) is -0.418. The molecular weight excluding hydrogens is 264 g/mol. The molecule has 4 heteroatoms. The molecule has 2 N–H and O–H groups in total. The van der Waals surface area contributed by atoms with Gasteiger partial charge in [0.2, 0.25) is 0 Å². The van der Waals surface area contributed by atoms with E-state index in [1.807, 2.05) is 20.8 Å². The second-order valence-corrected chi connectivity index (χ2v) is 7.93. The Hall–Kier alpha value is -0.770. The maximum absolute atomic E-state index is 11.8. The van der Waals surface area contributed by atoms with E-state index in [4.69, 9.17) is 4.74 Å². The number of rotatable bonds is 4. The minimum absolute atomic E-state index is 0.262. The van der Waals surface area contributed by atoms with Crippen molar-refractivity contribution >= 4 is 6.09 Å². The lowest BCUT2D eigenvalue weighted by Gasteiger charge is -2.22. The first-order valence-electron chi connectivity index (χ1n) is 8.56. The molecule has 4 atom stereocenters. The topological polar surface area (TPSA) is 50.4 Å². The molecule has 0 bridgehead atoms. The Bertz CT molecular complexity index is 351. The standard InChI is InChI=1S/C17H32N2O2/c1-12-6-5-7-13(12)11-18-14-8-9-15(10-14)19-16(20)21-17(2,3)4/h12-15,18H,5-11H2,1-4H3,(H,19,20). The predicted molar refractivity (Wildman–Crippen MR) is 85.3 cm³/mol. The molecule has 21 heavy (non-hydrogen) atoms. The maximum atomic E-state index is 11.8. The van der Waals surface area contributed by atoms with Gasteiger partial charge in [-0.05, 0) is 64.8 Å². The van der Waals surface area contributed by atoms with Crippen LogP contribution >= 0.6 is 0 Å². The van der Waals surface area contributed by atoms with Gasteiger partial charge in [-0.25, -0.2) is 4.79 Å². The van der Waals surface area contributed by atoms with E-state index in [1.165, 1.54) is 19.3 Å². The Morgan fingerprint density at radius 2 is 1.86 bits per heavy atom. The number of carbonyl (C=O) groups is 1. The van der Waals surface area contributed by atoms with Gasteiger partial charge in [0.1, 0.15) is 5.60 Å². The molecule has 0 aliphatic heterocycles. The van der Waals surface area contributed by atoms with Crippen LogP contribution in [0.25, 0.3) is 0 Å². The summed E-state index contributed by atoms with van der Waals surface area (Å²) in [6.07, 6.45) is 7.11. The summed E-state index contributed by atoms with van der Waals surface area (Å²) in [6.45, 7) is 9.21. The van der Waals surface area contributed by atoms with Crippen molar-refractivity contribution in [2.24, 2.45) is 11.8 Å². The number of carbonyl (C=O) groups excluding carboxylic acids is 1. The lowest BCUT2D eigenvalue weighted by atomic mass is 9.98. The third-order valence-corrected chi connectivity index (χ3v) is 4.86. The molecule has 2 fully saturated rings. The minimum atomic E-state index is -0.418. The van der Waals surface area contributed by atoms with Crippen LogP contribution in [0.1, 0.15) is 66.2 Å². The Kier molecular flexibility index (Phi) is 5.53. The predicted octanol–water partition coefficient (Wildman–Crippen LogP) is 3.46. The van der Waals surface area contributed by atoms with Crippen molar-refractivity contribution in [3.8, 4) is 0 Å². The summed E-state index contributed by atoms with van der Waals surface area (Å²) < 4.78 is 5.32. The molecule has 0 aromatic heterocycles. The quantitative estimate of drug-likeness (QED) is 0.835. The van der Waals surface area contributed by atoms with Gasteiger partial charge in [0.15, 0.2) is 0 Å². The van der Waals surface area contributed by atoms with Crippen molar-refractivity contribution in [3.05, 3.63) is 0 Å². The van der Waals surface area contributed by atoms with Crippen molar-refractivity contribution in [2.75, 3.05) is 6.54 Å². The van der Waals surface area contributed by atoms with Crippen LogP contribution in [-0.4, -0.2) is 30.3 Å². The zero-order chi connectivity index (χ0) is 15.5. The first kappa shape index (κ1) is 16.6. The van der Waals surface area contributed by atoms with Crippen LogP contribution < -0.4 is 10.6 Å². The summed E-state index contributed by atoms with van der Waals surface area (Å²) >= 11 is 0. The van der Waals surface area contributed by atoms with E-state index in [9.17, 15) is 4.79 Å². The van der Waals surface area contributed by atoms with Gasteiger partial charge in [-0.2, -0.15) is 0 Å². The second kappa shape index (κ2) is 6.99. The summed E-state index contributed by atoms with van der Waals surface area (Å²) in [6, 6.07) is 0.816. The van der Waals surface area contributed by atoms with E-state index >= 15 is 0 Å². The van der Waals surface area contributed by atoms with Gasteiger partial charge in [0.05, 0.1) is 0 Å². The zero-order valence-electron chi connectivity index (χ0n) is 14.1. The van der Waals surface area contributed by atoms with Crippen molar-refractivity contribution in [2.45, 2.75) is 83.9 Å². The molecule has 0 aromatic carbocycles.